The van der Waals surface area contributed by atoms with Crippen LogP contribution in [0.5, 0.6) is 11.5 Å². The lowest BCUT2D eigenvalue weighted by Gasteiger charge is -2.42. The summed E-state index contributed by atoms with van der Waals surface area (Å²) in [6.07, 6.45) is -0.503. The van der Waals surface area contributed by atoms with Gasteiger partial charge in [0.2, 0.25) is 23.6 Å². The number of allylic oxidation sites excluding steroid dienone is 3. The van der Waals surface area contributed by atoms with Crippen molar-refractivity contribution in [3.8, 4) is 11.5 Å². The lowest BCUT2D eigenvalue weighted by Crippen LogP contribution is -2.63. The second-order valence-corrected chi connectivity index (χ2v) is 23.6. The van der Waals surface area contributed by atoms with E-state index in [0.717, 1.165) is 10.5 Å². The minimum Gasteiger partial charge on any atom is -0.497 e. The van der Waals surface area contributed by atoms with Crippen LogP contribution in [0.15, 0.2) is 54.1 Å². The third kappa shape index (κ3) is 17.7. The van der Waals surface area contributed by atoms with Crippen LogP contribution in [0, 0.1) is 11.8 Å². The van der Waals surface area contributed by atoms with Crippen LogP contribution in [0.25, 0.3) is 0 Å². The molecule has 10 atom stereocenters. The van der Waals surface area contributed by atoms with Gasteiger partial charge in [0, 0.05) is 71.8 Å². The molecule has 90 heavy (non-hydrogen) atoms. The maximum atomic E-state index is 14.7. The molecule has 0 spiro atoms. The van der Waals surface area contributed by atoms with Gasteiger partial charge in [-0.15, -0.1) is 5.06 Å². The summed E-state index contributed by atoms with van der Waals surface area (Å²) < 4.78 is 35.1. The fraction of sp³-hybridized carbons (Fsp3) is 0.557. The Balaban J connectivity index is 1.22. The number of halogens is 1. The SMILES string of the molecule is COc1ccc(C(=O)N(C)[C@@H](C)C(=O)O[C@H]2CC(=O)N(C)c3cc(cc(OC)c3Cl)C/C(C)=C/C=C/[C@@H](OC)[C@@]3(O)C[C@H](OC(=O)N3)[C@@H](C)[C@@H]3O[C@@]23C)c(NC(=O)[C@H](CCCNC(N)=O)NC(=O)[C@@H](NC(=O)CCCCC(=O)ON2C(=O)CCC2=O)C(C)C)c1. The van der Waals surface area contributed by atoms with Gasteiger partial charge in [-0.1, -0.05) is 56.2 Å². The molecule has 4 heterocycles. The number of epoxide rings is 1. The van der Waals surface area contributed by atoms with E-state index in [2.05, 4.69) is 26.6 Å². The number of nitrogens with two attached hydrogens (primary N) is 1. The molecule has 6 rings (SSSR count). The van der Waals surface area contributed by atoms with E-state index in [1.54, 1.807) is 52.0 Å². The summed E-state index contributed by atoms with van der Waals surface area (Å²) in [6.45, 7) is 9.92. The van der Waals surface area contributed by atoms with Crippen LogP contribution < -0.4 is 46.7 Å². The summed E-state index contributed by atoms with van der Waals surface area (Å²) in [5.41, 5.74) is 3.48. The number of hydroxylamine groups is 2. The van der Waals surface area contributed by atoms with Crippen molar-refractivity contribution in [1.29, 1.82) is 0 Å². The molecule has 3 fully saturated rings. The third-order valence-electron chi connectivity index (χ3n) is 16.3. The highest BCUT2D eigenvalue weighted by Gasteiger charge is 2.64. The number of rotatable bonds is 23. The molecule has 10 amide bonds. The Kier molecular flexibility index (Phi) is 24.3. The lowest BCUT2D eigenvalue weighted by molar-refractivity contribution is -0.197. The van der Waals surface area contributed by atoms with E-state index in [0.29, 0.717) is 17.0 Å². The first-order valence-corrected chi connectivity index (χ1v) is 29.9. The highest BCUT2D eigenvalue weighted by Crippen LogP contribution is 2.49. The number of esters is 1. The Hall–Kier alpha value is -8.34. The van der Waals surface area contributed by atoms with Crippen LogP contribution in [0.1, 0.15) is 122 Å². The average Bonchev–Trinajstić information content (AvgIpc) is 1.58. The van der Waals surface area contributed by atoms with Gasteiger partial charge in [0.1, 0.15) is 58.6 Å². The number of hydrogen-bond donors (Lipinski definition) is 7. The number of likely N-dealkylation sites (N-methyl/N-ethyl adjacent to an activating group) is 1. The molecule has 2 aromatic carbocycles. The molecular weight excluding hydrogens is 1200 g/mol. The summed E-state index contributed by atoms with van der Waals surface area (Å²) in [6, 6.07) is 2.80. The first-order valence-electron chi connectivity index (χ1n) is 29.5. The van der Waals surface area contributed by atoms with Crippen LogP contribution in [0.4, 0.5) is 21.0 Å². The number of ether oxygens (including phenoxy) is 6. The zero-order valence-corrected chi connectivity index (χ0v) is 53.1. The third-order valence-corrected chi connectivity index (χ3v) is 16.6. The van der Waals surface area contributed by atoms with E-state index < -0.39 is 138 Å². The molecule has 0 aromatic heterocycles. The minimum atomic E-state index is -1.95. The van der Waals surface area contributed by atoms with Gasteiger partial charge in [-0.2, -0.15) is 0 Å². The normalized spacial score (nSPS) is 24.5. The largest absolute Gasteiger partial charge is 0.497 e. The summed E-state index contributed by atoms with van der Waals surface area (Å²) >= 11 is 6.87. The zero-order valence-electron chi connectivity index (χ0n) is 52.4. The highest BCUT2D eigenvalue weighted by molar-refractivity contribution is 6.35. The number of hydrogen-bond acceptors (Lipinski definition) is 19. The van der Waals surface area contributed by atoms with Crippen molar-refractivity contribution in [3.05, 3.63) is 70.3 Å². The van der Waals surface area contributed by atoms with E-state index in [4.69, 9.17) is 50.6 Å². The Morgan fingerprint density at radius 1 is 0.933 bits per heavy atom. The van der Waals surface area contributed by atoms with Crippen LogP contribution in [-0.2, 0) is 68.6 Å². The molecule has 4 aliphatic rings. The first kappa shape index (κ1) is 70.7. The van der Waals surface area contributed by atoms with Crippen molar-refractivity contribution in [2.75, 3.05) is 52.2 Å². The molecular formula is C61H82ClN9O19. The second kappa shape index (κ2) is 30.9. The van der Waals surface area contributed by atoms with Crippen molar-refractivity contribution in [3.63, 3.8) is 0 Å². The van der Waals surface area contributed by atoms with Crippen molar-refractivity contribution in [1.82, 2.24) is 31.2 Å². The summed E-state index contributed by atoms with van der Waals surface area (Å²) in [4.78, 5) is 153. The van der Waals surface area contributed by atoms with Gasteiger partial charge in [0.05, 0.1) is 43.7 Å². The Bertz CT molecular complexity index is 3120. The zero-order chi connectivity index (χ0) is 66.5. The Morgan fingerprint density at radius 2 is 1.62 bits per heavy atom. The molecule has 4 aliphatic heterocycles. The van der Waals surface area contributed by atoms with Gasteiger partial charge in [0.25, 0.3) is 17.7 Å². The topological polar surface area (TPSA) is 372 Å². The number of nitrogens with one attached hydrogen (secondary N) is 5. The molecule has 0 radical (unpaired) electrons. The van der Waals surface area contributed by atoms with Crippen molar-refractivity contribution >= 4 is 88.4 Å². The summed E-state index contributed by atoms with van der Waals surface area (Å²) in [5, 5.41) is 25.5. The van der Waals surface area contributed by atoms with Crippen molar-refractivity contribution in [2.24, 2.45) is 17.6 Å². The van der Waals surface area contributed by atoms with E-state index in [1.807, 2.05) is 13.0 Å². The molecule has 2 aromatic rings. The van der Waals surface area contributed by atoms with Gasteiger partial charge < -0.3 is 75.2 Å². The van der Waals surface area contributed by atoms with Crippen LogP contribution in [-0.4, -0.2) is 176 Å². The second-order valence-electron chi connectivity index (χ2n) is 23.3. The number of aliphatic hydroxyl groups is 1. The Morgan fingerprint density at radius 3 is 2.27 bits per heavy atom. The van der Waals surface area contributed by atoms with E-state index in [9.17, 15) is 57.8 Å². The number of alkyl carbamates (subject to hydrolysis) is 1. The average molecular weight is 1280 g/mol. The standard InChI is InChI=1S/C61H82ClN9O19/c1-32(2)52(67-46(72)19-12-13-20-50(76)90-71-47(73)23-24-48(71)74)55(78)65-39(17-15-25-64-58(63)81)54(77)66-40-29-37(84-9)21-22-38(40)56(79)69(7)35(5)57(80)88-45-30-49(75)70(8)41-27-36(28-42(85-10)51(41)62)26-33(3)16-14-18-44(86-11)61(83)31-43(87-59(82)68-61)34(4)53-60(45,6)89-53/h14,16,18,21-22,27-29,32,34-35,39,43-45,52-53,83H,12-13,15,17,19-20,23-26,30-31H2,1-11H3,(H,65,78)(H,66,77)(H,67,72)(H,68,82)(H3,63,64,81)/b18-14+,33-16+/t34-,35+,39+,43+,44-,45+,52+,53+,60+,61+/m1/s1. The first-order chi connectivity index (χ1) is 42.4. The van der Waals surface area contributed by atoms with Crippen molar-refractivity contribution in [2.45, 2.75) is 166 Å². The number of unbranched alkanes of at least 4 members (excludes halogenated alkanes) is 1. The number of benzene rings is 2. The quantitative estimate of drug-likeness (QED) is 0.0357. The van der Waals surface area contributed by atoms with Gasteiger partial charge in [0.15, 0.2) is 5.72 Å². The Labute approximate surface area is 526 Å². The molecule has 3 saturated heterocycles. The maximum absolute atomic E-state index is 14.7. The minimum absolute atomic E-state index is 0.00364. The van der Waals surface area contributed by atoms with Crippen molar-refractivity contribution < 1.29 is 91.1 Å². The monoisotopic (exact) mass is 1280 g/mol. The number of fused-ring (bicyclic) bond motifs is 5. The number of carbonyl (C=O) groups excluding carboxylic acids is 11. The summed E-state index contributed by atoms with van der Waals surface area (Å²) in [7, 11) is 6.98. The van der Waals surface area contributed by atoms with E-state index in [1.165, 1.54) is 65.4 Å². The molecule has 28 nitrogen and oxygen atoms in total. The number of primary amides is 1. The lowest BCUT2D eigenvalue weighted by atomic mass is 9.83. The van der Waals surface area contributed by atoms with Gasteiger partial charge in [-0.3, -0.25) is 38.9 Å². The molecule has 492 valence electrons. The van der Waals surface area contributed by atoms with Crippen LogP contribution >= 0.6 is 11.6 Å². The number of anilines is 2. The molecule has 4 bridgehead atoms. The number of imide groups is 1. The van der Waals surface area contributed by atoms with Gasteiger partial charge >= 0.3 is 24.1 Å². The fourth-order valence-corrected chi connectivity index (χ4v) is 11.0. The van der Waals surface area contributed by atoms with Gasteiger partial charge in [-0.25, -0.2) is 19.2 Å². The number of carbonyl (C=O) groups is 11. The number of methoxy groups -OCH3 is 3. The van der Waals surface area contributed by atoms with E-state index >= 15 is 0 Å². The summed E-state index contributed by atoms with van der Waals surface area (Å²) in [5.74, 6) is -7.36. The van der Waals surface area contributed by atoms with Gasteiger partial charge in [-0.05, 0) is 88.6 Å². The van der Waals surface area contributed by atoms with Crippen LogP contribution in [0.3, 0.4) is 0 Å². The molecule has 8 N–H and O–H groups in total. The number of nitrogens with zero attached hydrogens (tertiary/aromatic N) is 3. The molecule has 0 unspecified atom stereocenters. The van der Waals surface area contributed by atoms with E-state index in [-0.39, 0.29) is 97.8 Å². The number of urea groups is 1. The fourth-order valence-electron chi connectivity index (χ4n) is 10.7. The molecule has 0 saturated carbocycles. The molecule has 29 heteroatoms. The predicted octanol–water partition coefficient (Wildman–Crippen LogP) is 4.02. The maximum Gasteiger partial charge on any atom is 0.409 e. The smallest absolute Gasteiger partial charge is 0.409 e. The van der Waals surface area contributed by atoms with Crippen LogP contribution in [0.2, 0.25) is 5.02 Å². The predicted molar refractivity (Wildman–Crippen MR) is 323 cm³/mol. The molecule has 0 aliphatic carbocycles. The highest BCUT2D eigenvalue weighted by atomic mass is 35.5. The number of amides is 10.